The van der Waals surface area contributed by atoms with Crippen molar-refractivity contribution >= 4 is 23.5 Å². The topological polar surface area (TPSA) is 88.2 Å². The molecule has 0 aromatic heterocycles. The Kier molecular flexibility index (Phi) is 8.08. The molecule has 2 atom stereocenters. The van der Waals surface area contributed by atoms with Gasteiger partial charge in [0.05, 0.1) is 0 Å². The molecule has 0 saturated carbocycles. The monoisotopic (exact) mass is 439 g/mol. The number of amides is 2. The Bertz CT molecular complexity index is 898. The van der Waals surface area contributed by atoms with Gasteiger partial charge in [-0.2, -0.15) is 0 Å². The van der Waals surface area contributed by atoms with Gasteiger partial charge in [-0.1, -0.05) is 36.4 Å². The van der Waals surface area contributed by atoms with Crippen LogP contribution in [0, 0.1) is 0 Å². The Labute approximate surface area is 188 Å². The fourth-order valence-corrected chi connectivity index (χ4v) is 3.42. The summed E-state index contributed by atoms with van der Waals surface area (Å²) in [5.41, 5.74) is 1.12. The van der Waals surface area contributed by atoms with Crippen molar-refractivity contribution < 1.29 is 23.9 Å². The van der Waals surface area contributed by atoms with Crippen LogP contribution < -0.4 is 15.0 Å². The van der Waals surface area contributed by atoms with Gasteiger partial charge in [0.1, 0.15) is 11.8 Å². The zero-order chi connectivity index (χ0) is 22.9. The highest BCUT2D eigenvalue weighted by molar-refractivity contribution is 5.88. The van der Waals surface area contributed by atoms with Gasteiger partial charge in [0.15, 0.2) is 12.7 Å². The van der Waals surface area contributed by atoms with E-state index in [9.17, 15) is 14.4 Å². The van der Waals surface area contributed by atoms with Crippen molar-refractivity contribution in [3.05, 3.63) is 60.7 Å². The highest BCUT2D eigenvalue weighted by Crippen LogP contribution is 2.16. The summed E-state index contributed by atoms with van der Waals surface area (Å²) >= 11 is 0. The first-order chi connectivity index (χ1) is 15.4. The van der Waals surface area contributed by atoms with Gasteiger partial charge in [-0.25, -0.2) is 4.79 Å². The van der Waals surface area contributed by atoms with Crippen LogP contribution in [0.15, 0.2) is 60.7 Å². The molecule has 1 fully saturated rings. The average molecular weight is 440 g/mol. The minimum atomic E-state index is -0.925. The number of piperazine rings is 1. The predicted octanol–water partition coefficient (Wildman–Crippen LogP) is 1.85. The number of carbonyl (C=O) groups excluding carboxylic acids is 3. The molecule has 2 aromatic carbocycles. The smallest absolute Gasteiger partial charge is 0.329 e. The van der Waals surface area contributed by atoms with Gasteiger partial charge < -0.3 is 24.6 Å². The van der Waals surface area contributed by atoms with E-state index in [4.69, 9.17) is 9.47 Å². The average Bonchev–Trinajstić information content (AvgIpc) is 2.83. The highest BCUT2D eigenvalue weighted by Gasteiger charge is 2.29. The number of ether oxygens (including phenoxy) is 2. The maximum absolute atomic E-state index is 12.7. The fraction of sp³-hybridized carbons (Fsp3) is 0.375. The summed E-state index contributed by atoms with van der Waals surface area (Å²) in [5.74, 6) is -0.794. The number of nitrogens with one attached hydrogen (secondary N) is 1. The van der Waals surface area contributed by atoms with Crippen LogP contribution in [0.1, 0.15) is 13.8 Å². The Morgan fingerprint density at radius 1 is 0.906 bits per heavy atom. The van der Waals surface area contributed by atoms with Crippen LogP contribution in [0.2, 0.25) is 0 Å². The van der Waals surface area contributed by atoms with Crippen molar-refractivity contribution in [3.63, 3.8) is 0 Å². The van der Waals surface area contributed by atoms with E-state index < -0.39 is 24.0 Å². The molecule has 0 unspecified atom stereocenters. The lowest BCUT2D eigenvalue weighted by Crippen LogP contribution is -2.52. The van der Waals surface area contributed by atoms with E-state index in [0.29, 0.717) is 31.9 Å². The van der Waals surface area contributed by atoms with E-state index in [1.54, 1.807) is 36.1 Å². The summed E-state index contributed by atoms with van der Waals surface area (Å²) in [6.45, 7) is 5.38. The molecule has 0 spiro atoms. The first-order valence-electron chi connectivity index (χ1n) is 10.7. The van der Waals surface area contributed by atoms with Crippen molar-refractivity contribution in [3.8, 4) is 5.75 Å². The van der Waals surface area contributed by atoms with Crippen molar-refractivity contribution in [2.75, 3.05) is 37.7 Å². The zero-order valence-electron chi connectivity index (χ0n) is 18.4. The first-order valence-corrected chi connectivity index (χ1v) is 10.7. The molecule has 1 heterocycles. The van der Waals surface area contributed by atoms with Crippen LogP contribution in [-0.2, 0) is 19.1 Å². The highest BCUT2D eigenvalue weighted by atomic mass is 16.5. The quantitative estimate of drug-likeness (QED) is 0.632. The van der Waals surface area contributed by atoms with Crippen molar-refractivity contribution in [2.24, 2.45) is 0 Å². The lowest BCUT2D eigenvalue weighted by Gasteiger charge is -2.37. The number of benzene rings is 2. The second kappa shape index (κ2) is 11.2. The number of esters is 1. The van der Waals surface area contributed by atoms with Crippen LogP contribution in [0.4, 0.5) is 5.69 Å². The van der Waals surface area contributed by atoms with Gasteiger partial charge in [0.2, 0.25) is 0 Å². The van der Waals surface area contributed by atoms with Gasteiger partial charge in [-0.15, -0.1) is 0 Å². The third kappa shape index (κ3) is 6.47. The summed E-state index contributed by atoms with van der Waals surface area (Å²) in [5, 5.41) is 2.53. The molecule has 2 aromatic rings. The largest absolute Gasteiger partial charge is 0.484 e. The van der Waals surface area contributed by atoms with Gasteiger partial charge >= 0.3 is 5.97 Å². The molecule has 0 aliphatic carbocycles. The van der Waals surface area contributed by atoms with Crippen molar-refractivity contribution in [1.82, 2.24) is 10.2 Å². The van der Waals surface area contributed by atoms with E-state index in [1.165, 1.54) is 6.92 Å². The van der Waals surface area contributed by atoms with Gasteiger partial charge in [0, 0.05) is 31.9 Å². The summed E-state index contributed by atoms with van der Waals surface area (Å²) in [6, 6.07) is 18.0. The number of anilines is 1. The van der Waals surface area contributed by atoms with Crippen LogP contribution in [0.3, 0.4) is 0 Å². The third-order valence-electron chi connectivity index (χ3n) is 5.20. The van der Waals surface area contributed by atoms with Crippen LogP contribution in [0.5, 0.6) is 5.75 Å². The summed E-state index contributed by atoms with van der Waals surface area (Å²) in [6.07, 6.45) is -0.925. The summed E-state index contributed by atoms with van der Waals surface area (Å²) < 4.78 is 10.7. The Balaban J connectivity index is 1.40. The van der Waals surface area contributed by atoms with E-state index in [0.717, 1.165) is 5.69 Å². The van der Waals surface area contributed by atoms with Gasteiger partial charge in [-0.05, 0) is 38.1 Å². The molecule has 0 radical (unpaired) electrons. The number of hydrogen-bond donors (Lipinski definition) is 1. The molecule has 0 bridgehead atoms. The van der Waals surface area contributed by atoms with Crippen LogP contribution >= 0.6 is 0 Å². The molecule has 170 valence electrons. The Hall–Kier alpha value is -3.55. The molecule has 1 saturated heterocycles. The second-order valence-corrected chi connectivity index (χ2v) is 7.62. The summed E-state index contributed by atoms with van der Waals surface area (Å²) in [4.78, 5) is 41.0. The lowest BCUT2D eigenvalue weighted by atomic mass is 10.2. The SMILES string of the molecule is C[C@H](NC(=O)COc1ccccc1)C(=O)O[C@@H](C)C(=O)N1CCN(c2ccccc2)CC1. The normalized spacial score (nSPS) is 15.4. The maximum Gasteiger partial charge on any atom is 0.329 e. The molecule has 32 heavy (non-hydrogen) atoms. The molecule has 1 aliphatic heterocycles. The van der Waals surface area contributed by atoms with E-state index in [1.807, 2.05) is 36.4 Å². The third-order valence-corrected chi connectivity index (χ3v) is 5.20. The predicted molar refractivity (Wildman–Crippen MR) is 120 cm³/mol. The lowest BCUT2D eigenvalue weighted by molar-refractivity contribution is -0.161. The van der Waals surface area contributed by atoms with Crippen molar-refractivity contribution in [1.29, 1.82) is 0 Å². The van der Waals surface area contributed by atoms with Crippen LogP contribution in [0.25, 0.3) is 0 Å². The summed E-state index contributed by atoms with van der Waals surface area (Å²) in [7, 11) is 0. The van der Waals surface area contributed by atoms with E-state index >= 15 is 0 Å². The Morgan fingerprint density at radius 3 is 2.12 bits per heavy atom. The molecule has 8 nitrogen and oxygen atoms in total. The number of hydrogen-bond acceptors (Lipinski definition) is 6. The first kappa shape index (κ1) is 23.1. The number of nitrogens with zero attached hydrogens (tertiary/aromatic N) is 2. The minimum absolute atomic E-state index is 0.220. The van der Waals surface area contributed by atoms with E-state index in [2.05, 4.69) is 10.2 Å². The number of carbonyl (C=O) groups is 3. The minimum Gasteiger partial charge on any atom is -0.484 e. The van der Waals surface area contributed by atoms with Crippen molar-refractivity contribution in [2.45, 2.75) is 26.0 Å². The fourth-order valence-electron chi connectivity index (χ4n) is 3.42. The number of para-hydroxylation sites is 2. The second-order valence-electron chi connectivity index (χ2n) is 7.62. The molecular weight excluding hydrogens is 410 g/mol. The maximum atomic E-state index is 12.7. The molecule has 1 N–H and O–H groups in total. The van der Waals surface area contributed by atoms with E-state index in [-0.39, 0.29) is 12.5 Å². The number of rotatable bonds is 8. The zero-order valence-corrected chi connectivity index (χ0v) is 18.4. The Morgan fingerprint density at radius 2 is 1.50 bits per heavy atom. The molecule has 3 rings (SSSR count). The van der Waals surface area contributed by atoms with Crippen LogP contribution in [-0.4, -0.2) is 67.6 Å². The van der Waals surface area contributed by atoms with Gasteiger partial charge in [0.25, 0.3) is 11.8 Å². The molecule has 8 heteroatoms. The standard InChI is InChI=1S/C24H29N3O5/c1-18(25-22(28)17-31-21-11-7-4-8-12-21)24(30)32-19(2)23(29)27-15-13-26(14-16-27)20-9-5-3-6-10-20/h3-12,18-19H,13-17H2,1-2H3,(H,25,28)/t18-,19-/m0/s1. The molecule has 2 amide bonds. The molecular formula is C24H29N3O5. The molecule has 1 aliphatic rings. The van der Waals surface area contributed by atoms with Gasteiger partial charge in [-0.3, -0.25) is 9.59 Å².